The number of aromatic hydroxyl groups is 1. The number of benzene rings is 3. The molecule has 0 unspecified atom stereocenters. The molecule has 0 radical (unpaired) electrons. The molecule has 2 N–H and O–H groups in total. The molecule has 45 heavy (non-hydrogen) atoms. The zero-order valence-electron chi connectivity index (χ0n) is 25.1. The number of rotatable bonds is 6. The van der Waals surface area contributed by atoms with Gasteiger partial charge in [0.15, 0.2) is 11.6 Å². The van der Waals surface area contributed by atoms with Gasteiger partial charge in [-0.1, -0.05) is 50.2 Å². The molecule has 2 aliphatic rings. The van der Waals surface area contributed by atoms with Crippen molar-refractivity contribution in [1.29, 1.82) is 0 Å². The summed E-state index contributed by atoms with van der Waals surface area (Å²) >= 11 is 0. The normalized spacial score (nSPS) is 17.1. The number of carbonyl (C=O) groups is 3. The Labute approximate surface area is 260 Å². The fourth-order valence-electron chi connectivity index (χ4n) is 5.97. The predicted molar refractivity (Wildman–Crippen MR) is 168 cm³/mol. The molecule has 0 bridgehead atoms. The van der Waals surface area contributed by atoms with E-state index in [1.165, 1.54) is 48.4 Å². The molecule has 4 aromatic rings. The number of hydrogen-bond acceptors (Lipinski definition) is 7. The summed E-state index contributed by atoms with van der Waals surface area (Å²) in [6, 6.07) is 20.3. The van der Waals surface area contributed by atoms with Crippen LogP contribution in [0.15, 0.2) is 96.3 Å². The van der Waals surface area contributed by atoms with Crippen molar-refractivity contribution in [2.45, 2.75) is 46.3 Å². The quantitative estimate of drug-likeness (QED) is 0.177. The van der Waals surface area contributed by atoms with Crippen LogP contribution < -0.4 is 15.0 Å². The smallest absolute Gasteiger partial charge is 0.277 e. The second kappa shape index (κ2) is 11.6. The van der Waals surface area contributed by atoms with E-state index < -0.39 is 23.2 Å². The van der Waals surface area contributed by atoms with Crippen molar-refractivity contribution < 1.29 is 28.6 Å². The van der Waals surface area contributed by atoms with E-state index >= 15 is 4.39 Å². The lowest BCUT2D eigenvalue weighted by molar-refractivity contribution is -0.118. The van der Waals surface area contributed by atoms with Crippen molar-refractivity contribution in [3.8, 4) is 11.5 Å². The van der Waals surface area contributed by atoms with E-state index in [1.807, 2.05) is 44.2 Å². The van der Waals surface area contributed by atoms with Gasteiger partial charge < -0.3 is 15.2 Å². The van der Waals surface area contributed by atoms with E-state index in [2.05, 4.69) is 10.3 Å². The number of pyridine rings is 1. The number of fused-ring (bicyclic) bond motifs is 1. The topological polar surface area (TPSA) is 109 Å². The summed E-state index contributed by atoms with van der Waals surface area (Å²) < 4.78 is 22.2. The Morgan fingerprint density at radius 1 is 1.04 bits per heavy atom. The van der Waals surface area contributed by atoms with Gasteiger partial charge in [0.25, 0.3) is 5.91 Å². The number of para-hydroxylation sites is 1. The third kappa shape index (κ3) is 5.81. The number of anilines is 2. The van der Waals surface area contributed by atoms with Gasteiger partial charge in [-0.05, 0) is 60.7 Å². The molecule has 9 heteroatoms. The number of nitrogens with zero attached hydrogens (tertiary/aromatic N) is 2. The first-order valence-corrected chi connectivity index (χ1v) is 14.6. The first-order chi connectivity index (χ1) is 21.5. The van der Waals surface area contributed by atoms with Crippen LogP contribution in [0.25, 0.3) is 0 Å². The van der Waals surface area contributed by atoms with Gasteiger partial charge in [-0.15, -0.1) is 0 Å². The standard InChI is InChI=1S/C36H32FN3O5/c1-21(41)23-12-15-27(38-19-23)35(44)40-29-10-7-11-30(42)33(29)39-28-17-36(2,3)18-31(43)32(28)34(40)25-14-13-24(16-26(25)37)45-20-22-8-5-4-6-9-22/h4-16,19,34,39,42H,17-18,20H2,1-3H3/t34-/m0/s1. The van der Waals surface area contributed by atoms with Crippen LogP contribution in [0, 0.1) is 11.2 Å². The monoisotopic (exact) mass is 605 g/mol. The lowest BCUT2D eigenvalue weighted by Gasteiger charge is -2.37. The van der Waals surface area contributed by atoms with Crippen molar-refractivity contribution in [2.24, 2.45) is 5.41 Å². The number of nitrogens with one attached hydrogen (secondary N) is 1. The number of aromatic nitrogens is 1. The summed E-state index contributed by atoms with van der Waals surface area (Å²) in [5.41, 5.74) is 2.07. The van der Waals surface area contributed by atoms with Gasteiger partial charge in [0.05, 0.1) is 11.7 Å². The van der Waals surface area contributed by atoms with Gasteiger partial charge in [-0.2, -0.15) is 0 Å². The number of halogens is 1. The number of phenols is 1. The SMILES string of the molecule is CC(=O)c1ccc(C(=O)N2c3cccc(O)c3NC3=C(C(=O)CC(C)(C)C3)[C@@H]2c2ccc(OCc3ccccc3)cc2F)nc1. The third-order valence-electron chi connectivity index (χ3n) is 8.13. The van der Waals surface area contributed by atoms with E-state index in [4.69, 9.17) is 4.74 Å². The molecule has 0 spiro atoms. The maximum Gasteiger partial charge on any atom is 0.277 e. The van der Waals surface area contributed by atoms with Gasteiger partial charge in [-0.3, -0.25) is 24.3 Å². The van der Waals surface area contributed by atoms with Gasteiger partial charge >= 0.3 is 0 Å². The average molecular weight is 606 g/mol. The number of hydrogen-bond donors (Lipinski definition) is 2. The highest BCUT2D eigenvalue weighted by molar-refractivity contribution is 6.12. The summed E-state index contributed by atoms with van der Waals surface area (Å²) in [6.45, 7) is 5.55. The zero-order chi connectivity index (χ0) is 31.9. The van der Waals surface area contributed by atoms with Gasteiger partial charge in [0.2, 0.25) is 0 Å². The number of Topliss-reactive ketones (excluding diaryl/α,β-unsaturated/α-hetero) is 2. The fraction of sp³-hybridized carbons (Fsp3) is 0.222. The summed E-state index contributed by atoms with van der Waals surface area (Å²) in [5.74, 6) is -1.62. The average Bonchev–Trinajstić information content (AvgIpc) is 3.15. The maximum atomic E-state index is 16.3. The highest BCUT2D eigenvalue weighted by Crippen LogP contribution is 2.51. The lowest BCUT2D eigenvalue weighted by Crippen LogP contribution is -2.40. The molecule has 1 atom stereocenters. The number of amides is 1. The number of phenolic OH excluding ortho intramolecular Hbond substituents is 1. The minimum Gasteiger partial charge on any atom is -0.506 e. The van der Waals surface area contributed by atoms with Gasteiger partial charge in [0.1, 0.15) is 35.3 Å². The Hall–Kier alpha value is -5.31. The molecule has 0 saturated heterocycles. The van der Waals surface area contributed by atoms with Crippen molar-refractivity contribution in [1.82, 2.24) is 4.98 Å². The molecule has 1 aliphatic carbocycles. The van der Waals surface area contributed by atoms with Crippen LogP contribution >= 0.6 is 0 Å². The minimum atomic E-state index is -1.20. The lowest BCUT2D eigenvalue weighted by atomic mass is 9.73. The number of ether oxygens (including phenoxy) is 1. The molecule has 6 rings (SSSR count). The Kier molecular flexibility index (Phi) is 7.70. The number of carbonyl (C=O) groups excluding carboxylic acids is 3. The van der Waals surface area contributed by atoms with E-state index in [1.54, 1.807) is 18.2 Å². The summed E-state index contributed by atoms with van der Waals surface area (Å²) in [5, 5.41) is 14.2. The molecule has 0 saturated carbocycles. The third-order valence-corrected chi connectivity index (χ3v) is 8.13. The molecule has 0 fully saturated rings. The molecule has 228 valence electrons. The largest absolute Gasteiger partial charge is 0.506 e. The van der Waals surface area contributed by atoms with Crippen molar-refractivity contribution in [3.05, 3.63) is 125 Å². The Bertz CT molecular complexity index is 1850. The van der Waals surface area contributed by atoms with Crippen molar-refractivity contribution >= 4 is 28.8 Å². The summed E-state index contributed by atoms with van der Waals surface area (Å²) in [6.07, 6.45) is 1.91. The van der Waals surface area contributed by atoms with Crippen LogP contribution in [0.4, 0.5) is 15.8 Å². The molecule has 8 nitrogen and oxygen atoms in total. The van der Waals surface area contributed by atoms with Gasteiger partial charge in [0, 0.05) is 41.1 Å². The molecule has 1 aromatic heterocycles. The Morgan fingerprint density at radius 3 is 2.51 bits per heavy atom. The van der Waals surface area contributed by atoms with E-state index in [-0.39, 0.29) is 64.3 Å². The van der Waals surface area contributed by atoms with Crippen LogP contribution in [0.5, 0.6) is 11.5 Å². The molecular weight excluding hydrogens is 573 g/mol. The first kappa shape index (κ1) is 29.7. The second-order valence-electron chi connectivity index (χ2n) is 12.2. The van der Waals surface area contributed by atoms with Gasteiger partial charge in [-0.25, -0.2) is 4.39 Å². The van der Waals surface area contributed by atoms with Crippen molar-refractivity contribution in [2.75, 3.05) is 10.2 Å². The molecule has 2 heterocycles. The highest BCUT2D eigenvalue weighted by Gasteiger charge is 2.45. The molecule has 1 amide bonds. The Balaban J connectivity index is 1.52. The van der Waals surface area contributed by atoms with Crippen LogP contribution in [0.2, 0.25) is 0 Å². The molecule has 3 aromatic carbocycles. The van der Waals surface area contributed by atoms with Crippen LogP contribution in [-0.2, 0) is 11.4 Å². The second-order valence-corrected chi connectivity index (χ2v) is 12.2. The number of ketones is 2. The summed E-state index contributed by atoms with van der Waals surface area (Å²) in [4.78, 5) is 45.8. The van der Waals surface area contributed by atoms with Crippen molar-refractivity contribution in [3.63, 3.8) is 0 Å². The number of allylic oxidation sites excluding steroid dienone is 1. The maximum absolute atomic E-state index is 16.3. The Morgan fingerprint density at radius 2 is 1.82 bits per heavy atom. The van der Waals surface area contributed by atoms with E-state index in [9.17, 15) is 19.5 Å². The molecular formula is C36H32FN3O5. The van der Waals surface area contributed by atoms with E-state index in [0.717, 1.165) is 5.56 Å². The highest BCUT2D eigenvalue weighted by atomic mass is 19.1. The fourth-order valence-corrected chi connectivity index (χ4v) is 5.97. The van der Waals surface area contributed by atoms with Crippen LogP contribution in [0.1, 0.15) is 71.6 Å². The van der Waals surface area contributed by atoms with E-state index in [0.29, 0.717) is 17.7 Å². The molecule has 1 aliphatic heterocycles. The first-order valence-electron chi connectivity index (χ1n) is 14.6. The van der Waals surface area contributed by atoms with Crippen LogP contribution in [0.3, 0.4) is 0 Å². The predicted octanol–water partition coefficient (Wildman–Crippen LogP) is 7.16. The minimum absolute atomic E-state index is 0.0184. The zero-order valence-corrected chi connectivity index (χ0v) is 25.1. The van der Waals surface area contributed by atoms with Crippen LogP contribution in [-0.4, -0.2) is 27.6 Å². The summed E-state index contributed by atoms with van der Waals surface area (Å²) in [7, 11) is 0.